The Hall–Kier alpha value is -1.94. The maximum atomic E-state index is 13.0. The van der Waals surface area contributed by atoms with E-state index in [0.717, 1.165) is 109 Å². The van der Waals surface area contributed by atoms with Gasteiger partial charge >= 0.3 is 39.5 Å². The number of carbonyl (C=O) groups excluding carboxylic acids is 4. The van der Waals surface area contributed by atoms with Crippen LogP contribution in [-0.2, 0) is 65.4 Å². The van der Waals surface area contributed by atoms with Crippen molar-refractivity contribution in [2.24, 2.45) is 5.92 Å². The third kappa shape index (κ3) is 64.8. The lowest BCUT2D eigenvalue weighted by Gasteiger charge is -2.21. The van der Waals surface area contributed by atoms with Gasteiger partial charge in [0.2, 0.25) is 0 Å². The molecule has 0 aromatic heterocycles. The number of rotatable bonds is 71. The van der Waals surface area contributed by atoms with E-state index >= 15 is 0 Å². The average Bonchev–Trinajstić information content (AvgIpc) is 3.62. The van der Waals surface area contributed by atoms with Crippen molar-refractivity contribution in [3.63, 3.8) is 0 Å². The molecule has 0 fully saturated rings. The third-order valence-electron chi connectivity index (χ3n) is 16.5. The van der Waals surface area contributed by atoms with Crippen molar-refractivity contribution >= 4 is 39.5 Å². The lowest BCUT2D eigenvalue weighted by Crippen LogP contribution is -2.30. The highest BCUT2D eigenvalue weighted by molar-refractivity contribution is 7.47. The summed E-state index contributed by atoms with van der Waals surface area (Å²) in [6, 6.07) is 0. The first-order valence-electron chi connectivity index (χ1n) is 37.1. The van der Waals surface area contributed by atoms with E-state index in [1.165, 1.54) is 180 Å². The van der Waals surface area contributed by atoms with Crippen LogP contribution in [0.3, 0.4) is 0 Å². The number of phosphoric ester groups is 2. The fourth-order valence-corrected chi connectivity index (χ4v) is 12.4. The first-order valence-corrected chi connectivity index (χ1v) is 40.1. The van der Waals surface area contributed by atoms with Crippen molar-refractivity contribution in [3.05, 3.63) is 0 Å². The van der Waals surface area contributed by atoms with Gasteiger partial charge in [-0.2, -0.15) is 0 Å². The molecule has 0 spiro atoms. The second kappa shape index (κ2) is 64.4. The summed E-state index contributed by atoms with van der Waals surface area (Å²) in [6.07, 6.45) is 51.4. The Balaban J connectivity index is 5.20. The van der Waals surface area contributed by atoms with Gasteiger partial charge in [0.05, 0.1) is 26.4 Å². The first kappa shape index (κ1) is 88.1. The molecule has 534 valence electrons. The average molecular weight is 1330 g/mol. The summed E-state index contributed by atoms with van der Waals surface area (Å²) in [4.78, 5) is 72.5. The molecule has 0 amide bonds. The Morgan fingerprint density at radius 2 is 0.511 bits per heavy atom. The molecule has 0 aliphatic heterocycles. The van der Waals surface area contributed by atoms with Gasteiger partial charge in [-0.1, -0.05) is 317 Å². The third-order valence-corrected chi connectivity index (χ3v) is 18.4. The summed E-state index contributed by atoms with van der Waals surface area (Å²) in [5.41, 5.74) is 0. The van der Waals surface area contributed by atoms with Crippen LogP contribution < -0.4 is 0 Å². The van der Waals surface area contributed by atoms with E-state index in [9.17, 15) is 43.2 Å². The molecule has 0 heterocycles. The number of carbonyl (C=O) groups is 4. The standard InChI is InChI=1S/C71H138O17P2/c1-6-9-12-15-18-20-22-24-26-27-28-30-32-36-41-46-51-56-70(75)88-67(61-82-69(74)55-50-45-40-35-31-29-25-23-21-19-16-13-10-7-2)63-86-90(79,80)84-59-65(72)58-83-89(77,78)85-62-66(60-81-68(73)54-49-44-38-17-14-11-8-3)87-71(76)57-52-47-42-37-33-34-39-43-48-53-64(4)5/h64-67,72H,6-63H2,1-5H3,(H,77,78)(H,79,80)/t65-,66+,67+/m0/s1. The molecule has 0 saturated heterocycles. The van der Waals surface area contributed by atoms with E-state index in [1.54, 1.807) is 0 Å². The molecule has 0 saturated carbocycles. The number of unbranched alkanes of at least 4 members (excludes halogenated alkanes) is 43. The second-order valence-electron chi connectivity index (χ2n) is 26.1. The predicted molar refractivity (Wildman–Crippen MR) is 363 cm³/mol. The Labute approximate surface area is 549 Å². The minimum absolute atomic E-state index is 0.105. The molecule has 0 aromatic rings. The fourth-order valence-electron chi connectivity index (χ4n) is 10.8. The van der Waals surface area contributed by atoms with Crippen molar-refractivity contribution in [2.45, 2.75) is 387 Å². The lowest BCUT2D eigenvalue weighted by atomic mass is 10.0. The van der Waals surface area contributed by atoms with E-state index in [2.05, 4.69) is 34.6 Å². The number of hydrogen-bond donors (Lipinski definition) is 3. The lowest BCUT2D eigenvalue weighted by molar-refractivity contribution is -0.161. The molecule has 0 rings (SSSR count). The minimum atomic E-state index is -4.95. The van der Waals surface area contributed by atoms with E-state index < -0.39 is 97.5 Å². The largest absolute Gasteiger partial charge is 0.472 e. The van der Waals surface area contributed by atoms with Crippen LogP contribution in [0, 0.1) is 5.92 Å². The summed E-state index contributed by atoms with van der Waals surface area (Å²) in [7, 11) is -9.90. The van der Waals surface area contributed by atoms with Crippen LogP contribution in [0.4, 0.5) is 0 Å². The van der Waals surface area contributed by atoms with E-state index in [-0.39, 0.29) is 25.7 Å². The quantitative estimate of drug-likeness (QED) is 0.0222. The molecule has 19 heteroatoms. The van der Waals surface area contributed by atoms with E-state index in [4.69, 9.17) is 37.0 Å². The van der Waals surface area contributed by atoms with Gasteiger partial charge in [-0.15, -0.1) is 0 Å². The number of esters is 4. The van der Waals surface area contributed by atoms with E-state index in [1.807, 2.05) is 0 Å². The van der Waals surface area contributed by atoms with Crippen LogP contribution in [0.15, 0.2) is 0 Å². The summed E-state index contributed by atoms with van der Waals surface area (Å²) in [6.45, 7) is 7.20. The topological polar surface area (TPSA) is 237 Å². The van der Waals surface area contributed by atoms with Crippen molar-refractivity contribution in [3.8, 4) is 0 Å². The van der Waals surface area contributed by atoms with Crippen molar-refractivity contribution in [1.82, 2.24) is 0 Å². The van der Waals surface area contributed by atoms with Crippen LogP contribution >= 0.6 is 15.6 Å². The molecule has 3 N–H and O–H groups in total. The maximum Gasteiger partial charge on any atom is 0.472 e. The Morgan fingerprint density at radius 3 is 0.756 bits per heavy atom. The van der Waals surface area contributed by atoms with Crippen molar-refractivity contribution in [1.29, 1.82) is 0 Å². The van der Waals surface area contributed by atoms with Crippen LogP contribution in [-0.4, -0.2) is 96.7 Å². The number of aliphatic hydroxyl groups excluding tert-OH is 1. The highest BCUT2D eigenvalue weighted by atomic mass is 31.2. The normalized spacial score (nSPS) is 14.1. The summed E-state index contributed by atoms with van der Waals surface area (Å²) >= 11 is 0. The SMILES string of the molecule is CCCCCCCCCCCCCCCCCCCC(=O)O[C@H](COC(=O)CCCCCCCCCCCCCCCC)COP(=O)(O)OC[C@@H](O)COP(=O)(O)OC[C@@H](COC(=O)CCCCCCCCC)OC(=O)CCCCCCCCCCCC(C)C. The fraction of sp³-hybridized carbons (Fsp3) is 0.944. The molecule has 0 bridgehead atoms. The minimum Gasteiger partial charge on any atom is -0.462 e. The zero-order valence-electron chi connectivity index (χ0n) is 58.3. The zero-order chi connectivity index (χ0) is 66.3. The Kier molecular flexibility index (Phi) is 63.0. The summed E-state index contributed by atoms with van der Waals surface area (Å²) < 4.78 is 68.2. The molecular formula is C71H138O17P2. The highest BCUT2D eigenvalue weighted by Gasteiger charge is 2.30. The molecule has 0 aromatic carbocycles. The second-order valence-corrected chi connectivity index (χ2v) is 29.0. The number of hydrogen-bond acceptors (Lipinski definition) is 15. The Morgan fingerprint density at radius 1 is 0.300 bits per heavy atom. The predicted octanol–water partition coefficient (Wildman–Crippen LogP) is 20.5. The molecular weight excluding hydrogens is 1190 g/mol. The van der Waals surface area contributed by atoms with Crippen LogP contribution in [0.1, 0.15) is 369 Å². The monoisotopic (exact) mass is 1320 g/mol. The van der Waals surface area contributed by atoms with Gasteiger partial charge in [0.15, 0.2) is 12.2 Å². The molecule has 5 atom stereocenters. The van der Waals surface area contributed by atoms with Gasteiger partial charge in [-0.25, -0.2) is 9.13 Å². The maximum absolute atomic E-state index is 13.0. The van der Waals surface area contributed by atoms with Crippen molar-refractivity contribution in [2.75, 3.05) is 39.6 Å². The van der Waals surface area contributed by atoms with Crippen molar-refractivity contribution < 1.29 is 80.2 Å². The summed E-state index contributed by atoms with van der Waals surface area (Å²) in [5.74, 6) is -1.39. The smallest absolute Gasteiger partial charge is 0.462 e. The van der Waals surface area contributed by atoms with Gasteiger partial charge in [0.1, 0.15) is 19.3 Å². The first-order chi connectivity index (χ1) is 43.5. The molecule has 17 nitrogen and oxygen atoms in total. The van der Waals surface area contributed by atoms with Gasteiger partial charge in [-0.3, -0.25) is 37.3 Å². The highest BCUT2D eigenvalue weighted by Crippen LogP contribution is 2.45. The van der Waals surface area contributed by atoms with Crippen LogP contribution in [0.25, 0.3) is 0 Å². The van der Waals surface area contributed by atoms with Gasteiger partial charge in [-0.05, 0) is 31.6 Å². The van der Waals surface area contributed by atoms with Gasteiger partial charge < -0.3 is 33.8 Å². The van der Waals surface area contributed by atoms with Gasteiger partial charge in [0, 0.05) is 25.7 Å². The van der Waals surface area contributed by atoms with Crippen LogP contribution in [0.5, 0.6) is 0 Å². The molecule has 0 aliphatic carbocycles. The zero-order valence-corrected chi connectivity index (χ0v) is 60.1. The number of aliphatic hydroxyl groups is 1. The van der Waals surface area contributed by atoms with Crippen LogP contribution in [0.2, 0.25) is 0 Å². The molecule has 0 radical (unpaired) electrons. The van der Waals surface area contributed by atoms with E-state index in [0.29, 0.717) is 25.7 Å². The number of phosphoric acid groups is 2. The summed E-state index contributed by atoms with van der Waals surface area (Å²) in [5, 5.41) is 10.6. The van der Waals surface area contributed by atoms with Gasteiger partial charge in [0.25, 0.3) is 0 Å². The number of ether oxygens (including phenoxy) is 4. The molecule has 0 aliphatic rings. The Bertz CT molecular complexity index is 1740. The molecule has 90 heavy (non-hydrogen) atoms. The molecule has 2 unspecified atom stereocenters.